The maximum atomic E-state index is 11.0. The fourth-order valence-corrected chi connectivity index (χ4v) is 3.41. The second kappa shape index (κ2) is 4.27. The highest BCUT2D eigenvalue weighted by Crippen LogP contribution is 2.51. The second-order valence-electron chi connectivity index (χ2n) is 6.53. The standard InChI is InChI=1S/C16H24O2/c1-11-8-12(2)14(13(9-11)18-5)16(17)7-6-15(3,4)10-16/h8-9,17H,6-7,10H2,1-5H3. The summed E-state index contributed by atoms with van der Waals surface area (Å²) in [5.74, 6) is 0.827. The van der Waals surface area contributed by atoms with Crippen LogP contribution < -0.4 is 4.74 Å². The predicted octanol–water partition coefficient (Wildman–Crippen LogP) is 3.71. The smallest absolute Gasteiger partial charge is 0.125 e. The van der Waals surface area contributed by atoms with Crippen molar-refractivity contribution in [3.63, 3.8) is 0 Å². The fourth-order valence-electron chi connectivity index (χ4n) is 3.41. The summed E-state index contributed by atoms with van der Waals surface area (Å²) in [7, 11) is 1.68. The summed E-state index contributed by atoms with van der Waals surface area (Å²) < 4.78 is 5.49. The molecule has 0 heterocycles. The Morgan fingerprint density at radius 3 is 2.33 bits per heavy atom. The van der Waals surface area contributed by atoms with Crippen molar-refractivity contribution in [3.8, 4) is 5.75 Å². The summed E-state index contributed by atoms with van der Waals surface area (Å²) in [6.07, 6.45) is 2.68. The largest absolute Gasteiger partial charge is 0.496 e. The van der Waals surface area contributed by atoms with Crippen LogP contribution in [0.25, 0.3) is 0 Å². The van der Waals surface area contributed by atoms with Crippen molar-refractivity contribution in [2.24, 2.45) is 5.41 Å². The van der Waals surface area contributed by atoms with E-state index in [9.17, 15) is 5.11 Å². The van der Waals surface area contributed by atoms with Crippen molar-refractivity contribution in [2.75, 3.05) is 7.11 Å². The number of methoxy groups -OCH3 is 1. The van der Waals surface area contributed by atoms with Crippen LogP contribution in [0.4, 0.5) is 0 Å². The van der Waals surface area contributed by atoms with Crippen LogP contribution in [0.1, 0.15) is 49.8 Å². The Morgan fingerprint density at radius 1 is 1.17 bits per heavy atom. The fraction of sp³-hybridized carbons (Fsp3) is 0.625. The van der Waals surface area contributed by atoms with E-state index in [1.165, 1.54) is 5.56 Å². The first kappa shape index (κ1) is 13.4. The predicted molar refractivity (Wildman–Crippen MR) is 74.0 cm³/mol. The van der Waals surface area contributed by atoms with E-state index in [1.807, 2.05) is 6.07 Å². The quantitative estimate of drug-likeness (QED) is 0.864. The second-order valence-corrected chi connectivity index (χ2v) is 6.53. The maximum absolute atomic E-state index is 11.0. The number of benzene rings is 1. The topological polar surface area (TPSA) is 29.5 Å². The monoisotopic (exact) mass is 248 g/mol. The molecule has 0 radical (unpaired) electrons. The highest BCUT2D eigenvalue weighted by atomic mass is 16.5. The summed E-state index contributed by atoms with van der Waals surface area (Å²) in [6, 6.07) is 4.15. The molecular formula is C16H24O2. The lowest BCUT2D eigenvalue weighted by molar-refractivity contribution is 0.0309. The molecule has 0 aliphatic heterocycles. The number of rotatable bonds is 2. The number of aliphatic hydroxyl groups is 1. The maximum Gasteiger partial charge on any atom is 0.125 e. The van der Waals surface area contributed by atoms with Gasteiger partial charge in [0.2, 0.25) is 0 Å². The van der Waals surface area contributed by atoms with Crippen molar-refractivity contribution in [1.82, 2.24) is 0 Å². The molecule has 18 heavy (non-hydrogen) atoms. The zero-order valence-electron chi connectivity index (χ0n) is 12.1. The molecule has 2 rings (SSSR count). The summed E-state index contributed by atoms with van der Waals surface area (Å²) >= 11 is 0. The zero-order chi connectivity index (χ0) is 13.6. The number of aryl methyl sites for hydroxylation is 2. The molecule has 1 saturated carbocycles. The highest BCUT2D eigenvalue weighted by molar-refractivity contribution is 5.47. The van der Waals surface area contributed by atoms with Crippen molar-refractivity contribution in [3.05, 3.63) is 28.8 Å². The van der Waals surface area contributed by atoms with E-state index >= 15 is 0 Å². The summed E-state index contributed by atoms with van der Waals surface area (Å²) in [5.41, 5.74) is 2.77. The molecule has 0 saturated heterocycles. The molecule has 2 heteroatoms. The summed E-state index contributed by atoms with van der Waals surface area (Å²) in [6.45, 7) is 8.57. The normalized spacial score (nSPS) is 26.3. The molecular weight excluding hydrogens is 224 g/mol. The third-order valence-corrected chi connectivity index (χ3v) is 4.12. The molecule has 1 N–H and O–H groups in total. The lowest BCUT2D eigenvalue weighted by atomic mass is 9.83. The minimum Gasteiger partial charge on any atom is -0.496 e. The Labute approximate surface area is 110 Å². The average molecular weight is 248 g/mol. The van der Waals surface area contributed by atoms with Gasteiger partial charge in [0.15, 0.2) is 0 Å². The van der Waals surface area contributed by atoms with E-state index in [1.54, 1.807) is 7.11 Å². The molecule has 0 spiro atoms. The third kappa shape index (κ3) is 2.26. The Hall–Kier alpha value is -1.02. The highest BCUT2D eigenvalue weighted by Gasteiger charge is 2.45. The van der Waals surface area contributed by atoms with E-state index in [4.69, 9.17) is 4.74 Å². The molecule has 1 unspecified atom stereocenters. The van der Waals surface area contributed by atoms with Gasteiger partial charge in [-0.2, -0.15) is 0 Å². The molecule has 0 aromatic heterocycles. The van der Waals surface area contributed by atoms with Crippen LogP contribution in [0.15, 0.2) is 12.1 Å². The van der Waals surface area contributed by atoms with E-state index in [0.717, 1.165) is 36.1 Å². The Kier molecular flexibility index (Phi) is 3.18. The molecule has 0 amide bonds. The van der Waals surface area contributed by atoms with Crippen LogP contribution in [-0.2, 0) is 5.60 Å². The Balaban J connectivity index is 2.51. The summed E-state index contributed by atoms with van der Waals surface area (Å²) in [5, 5.41) is 11.0. The van der Waals surface area contributed by atoms with Crippen LogP contribution in [0.5, 0.6) is 5.75 Å². The first-order valence-electron chi connectivity index (χ1n) is 6.65. The van der Waals surface area contributed by atoms with E-state index in [0.29, 0.717) is 0 Å². The molecule has 1 aromatic carbocycles. The van der Waals surface area contributed by atoms with Crippen LogP contribution in [0.3, 0.4) is 0 Å². The number of ether oxygens (including phenoxy) is 1. The molecule has 2 nitrogen and oxygen atoms in total. The van der Waals surface area contributed by atoms with Crippen molar-refractivity contribution in [1.29, 1.82) is 0 Å². The van der Waals surface area contributed by atoms with Gasteiger partial charge in [-0.3, -0.25) is 0 Å². The SMILES string of the molecule is COc1cc(C)cc(C)c1C1(O)CCC(C)(C)C1. The molecule has 0 bridgehead atoms. The summed E-state index contributed by atoms with van der Waals surface area (Å²) in [4.78, 5) is 0. The van der Waals surface area contributed by atoms with Gasteiger partial charge in [-0.25, -0.2) is 0 Å². The number of hydrogen-bond donors (Lipinski definition) is 1. The van der Waals surface area contributed by atoms with E-state index in [2.05, 4.69) is 33.8 Å². The van der Waals surface area contributed by atoms with Crippen molar-refractivity contribution in [2.45, 2.75) is 52.6 Å². The van der Waals surface area contributed by atoms with Crippen molar-refractivity contribution >= 4 is 0 Å². The van der Waals surface area contributed by atoms with E-state index < -0.39 is 5.60 Å². The van der Waals surface area contributed by atoms with Crippen LogP contribution in [0.2, 0.25) is 0 Å². The molecule has 1 aliphatic rings. The van der Waals surface area contributed by atoms with Gasteiger partial charge in [0.25, 0.3) is 0 Å². The van der Waals surface area contributed by atoms with Gasteiger partial charge in [-0.15, -0.1) is 0 Å². The molecule has 1 aliphatic carbocycles. The first-order chi connectivity index (χ1) is 8.27. The van der Waals surface area contributed by atoms with Gasteiger partial charge in [-0.05, 0) is 55.7 Å². The van der Waals surface area contributed by atoms with Crippen LogP contribution in [0, 0.1) is 19.3 Å². The average Bonchev–Trinajstić information content (AvgIpc) is 2.52. The van der Waals surface area contributed by atoms with Gasteiger partial charge in [0.05, 0.1) is 12.7 Å². The minimum absolute atomic E-state index is 0.205. The van der Waals surface area contributed by atoms with Gasteiger partial charge in [-0.1, -0.05) is 19.9 Å². The Morgan fingerprint density at radius 2 is 1.83 bits per heavy atom. The molecule has 100 valence electrons. The van der Waals surface area contributed by atoms with Crippen LogP contribution >= 0.6 is 0 Å². The minimum atomic E-state index is -0.730. The van der Waals surface area contributed by atoms with Gasteiger partial charge < -0.3 is 9.84 Å². The molecule has 1 atom stereocenters. The van der Waals surface area contributed by atoms with Gasteiger partial charge in [0.1, 0.15) is 5.75 Å². The van der Waals surface area contributed by atoms with E-state index in [-0.39, 0.29) is 5.41 Å². The number of hydrogen-bond acceptors (Lipinski definition) is 2. The lowest BCUT2D eigenvalue weighted by Crippen LogP contribution is -2.25. The van der Waals surface area contributed by atoms with Gasteiger partial charge >= 0.3 is 0 Å². The zero-order valence-corrected chi connectivity index (χ0v) is 12.1. The first-order valence-corrected chi connectivity index (χ1v) is 6.65. The third-order valence-electron chi connectivity index (χ3n) is 4.12. The van der Waals surface area contributed by atoms with Gasteiger partial charge in [0, 0.05) is 5.56 Å². The lowest BCUT2D eigenvalue weighted by Gasteiger charge is -2.29. The van der Waals surface area contributed by atoms with Crippen LogP contribution in [-0.4, -0.2) is 12.2 Å². The molecule has 1 aromatic rings. The van der Waals surface area contributed by atoms with Crippen molar-refractivity contribution < 1.29 is 9.84 Å². The Bertz CT molecular complexity index is 462. The molecule has 1 fully saturated rings.